The van der Waals surface area contributed by atoms with Crippen LogP contribution < -0.4 is 20.6 Å². The Balaban J connectivity index is 1.75. The predicted octanol–water partition coefficient (Wildman–Crippen LogP) is 2.40. The summed E-state index contributed by atoms with van der Waals surface area (Å²) in [6.07, 6.45) is 5.48. The van der Waals surface area contributed by atoms with Gasteiger partial charge in [-0.2, -0.15) is 0 Å². The van der Waals surface area contributed by atoms with Gasteiger partial charge in [-0.1, -0.05) is 12.1 Å². The standard InChI is InChI=1S/C23H17N5O3/c1-31-18-10-7-16-12-22-25-14-21(20-4-2-3-11-24-20)27(22)26-23(19(16)13-18)15-5-8-17(9-6-15)28(29)30/h2-14,26H,1H3. The van der Waals surface area contributed by atoms with Crippen molar-refractivity contribution in [2.24, 2.45) is 0 Å². The van der Waals surface area contributed by atoms with Gasteiger partial charge in [-0.05, 0) is 47.7 Å². The summed E-state index contributed by atoms with van der Waals surface area (Å²) in [5.74, 6) is 1.42. The maximum Gasteiger partial charge on any atom is 0.269 e. The highest BCUT2D eigenvalue weighted by atomic mass is 16.6. The van der Waals surface area contributed by atoms with Gasteiger partial charge in [0.2, 0.25) is 0 Å². The van der Waals surface area contributed by atoms with Gasteiger partial charge in [-0.15, -0.1) is 0 Å². The fourth-order valence-electron chi connectivity index (χ4n) is 3.57. The molecule has 4 aromatic rings. The third kappa shape index (κ3) is 3.29. The first-order valence-corrected chi connectivity index (χ1v) is 9.55. The van der Waals surface area contributed by atoms with Crippen molar-refractivity contribution in [1.29, 1.82) is 0 Å². The molecule has 0 amide bonds. The van der Waals surface area contributed by atoms with Crippen LogP contribution in [0.15, 0.2) is 73.1 Å². The maximum atomic E-state index is 11.1. The molecule has 3 heterocycles. The summed E-state index contributed by atoms with van der Waals surface area (Å²) in [6.45, 7) is 0. The van der Waals surface area contributed by atoms with Crippen LogP contribution in [0.5, 0.6) is 5.75 Å². The van der Waals surface area contributed by atoms with Crippen LogP contribution in [0, 0.1) is 10.1 Å². The van der Waals surface area contributed by atoms with Gasteiger partial charge in [0, 0.05) is 29.1 Å². The van der Waals surface area contributed by atoms with Gasteiger partial charge in [0.15, 0.2) is 5.82 Å². The molecule has 8 nitrogen and oxygen atoms in total. The van der Waals surface area contributed by atoms with E-state index in [4.69, 9.17) is 4.74 Å². The van der Waals surface area contributed by atoms with E-state index in [1.54, 1.807) is 31.6 Å². The number of non-ortho nitro benzene ring substituents is 1. The molecule has 2 aromatic carbocycles. The number of nitro groups is 1. The summed E-state index contributed by atoms with van der Waals surface area (Å²) in [4.78, 5) is 19.7. The molecule has 2 aromatic heterocycles. The molecule has 0 saturated carbocycles. The molecule has 1 N–H and O–H groups in total. The molecule has 0 unspecified atom stereocenters. The largest absolute Gasteiger partial charge is 0.497 e. The third-order valence-corrected chi connectivity index (χ3v) is 5.12. The summed E-state index contributed by atoms with van der Waals surface area (Å²) in [5, 5.41) is 12.9. The quantitative estimate of drug-likeness (QED) is 0.409. The number of hydrogen-bond donors (Lipinski definition) is 1. The predicted molar refractivity (Wildman–Crippen MR) is 116 cm³/mol. The van der Waals surface area contributed by atoms with Crippen LogP contribution in [0.25, 0.3) is 23.2 Å². The van der Waals surface area contributed by atoms with Gasteiger partial charge in [0.05, 0.1) is 29.6 Å². The third-order valence-electron chi connectivity index (χ3n) is 5.12. The lowest BCUT2D eigenvalue weighted by atomic mass is 10.1. The summed E-state index contributed by atoms with van der Waals surface area (Å²) < 4.78 is 7.30. The molecule has 152 valence electrons. The Kier molecular flexibility index (Phi) is 4.44. The molecule has 0 spiro atoms. The molecule has 1 aliphatic heterocycles. The minimum absolute atomic E-state index is 0.0351. The van der Waals surface area contributed by atoms with E-state index in [9.17, 15) is 10.1 Å². The van der Waals surface area contributed by atoms with Crippen LogP contribution in [-0.2, 0) is 0 Å². The number of pyridine rings is 1. The highest BCUT2D eigenvalue weighted by molar-refractivity contribution is 5.74. The Bertz CT molecular complexity index is 1410. The Morgan fingerprint density at radius 3 is 2.61 bits per heavy atom. The topological polar surface area (TPSA) is 95.1 Å². The molecule has 5 rings (SSSR count). The van der Waals surface area contributed by atoms with Crippen molar-refractivity contribution in [3.8, 4) is 17.1 Å². The first-order valence-electron chi connectivity index (χ1n) is 9.55. The molecule has 8 heteroatoms. The lowest BCUT2D eigenvalue weighted by Crippen LogP contribution is -2.30. The molecule has 0 radical (unpaired) electrons. The highest BCUT2D eigenvalue weighted by Crippen LogP contribution is 2.22. The van der Waals surface area contributed by atoms with Crippen molar-refractivity contribution in [1.82, 2.24) is 14.6 Å². The van der Waals surface area contributed by atoms with E-state index in [1.165, 1.54) is 12.1 Å². The normalized spacial score (nSPS) is 12.1. The number of aromatic nitrogens is 3. The second-order valence-corrected chi connectivity index (χ2v) is 6.94. The van der Waals surface area contributed by atoms with Crippen LogP contribution in [0.3, 0.4) is 0 Å². The summed E-state index contributed by atoms with van der Waals surface area (Å²) >= 11 is 0. The van der Waals surface area contributed by atoms with Gasteiger partial charge in [0.1, 0.15) is 11.4 Å². The molecular weight excluding hydrogens is 394 g/mol. The van der Waals surface area contributed by atoms with Crippen LogP contribution in [0.2, 0.25) is 0 Å². The molecule has 0 bridgehead atoms. The van der Waals surface area contributed by atoms with Crippen LogP contribution in [-0.4, -0.2) is 26.7 Å². The number of methoxy groups -OCH3 is 1. The summed E-state index contributed by atoms with van der Waals surface area (Å²) in [6, 6.07) is 17.9. The van der Waals surface area contributed by atoms with Crippen molar-refractivity contribution >= 4 is 17.5 Å². The van der Waals surface area contributed by atoms with Crippen molar-refractivity contribution in [3.63, 3.8) is 0 Å². The maximum absolute atomic E-state index is 11.1. The van der Waals surface area contributed by atoms with Crippen molar-refractivity contribution in [2.45, 2.75) is 0 Å². The molecule has 31 heavy (non-hydrogen) atoms. The number of hydrogen-bond acceptors (Lipinski definition) is 6. The van der Waals surface area contributed by atoms with E-state index in [-0.39, 0.29) is 5.69 Å². The number of nitrogens with zero attached hydrogens (tertiary/aromatic N) is 4. The van der Waals surface area contributed by atoms with Gasteiger partial charge in [-0.3, -0.25) is 20.5 Å². The fourth-order valence-corrected chi connectivity index (χ4v) is 3.57. The molecule has 1 aliphatic rings. The van der Waals surface area contributed by atoms with Gasteiger partial charge >= 0.3 is 0 Å². The first kappa shape index (κ1) is 18.6. The minimum atomic E-state index is -0.410. The molecule has 0 saturated heterocycles. The average Bonchev–Trinajstić information content (AvgIpc) is 3.13. The second-order valence-electron chi connectivity index (χ2n) is 6.94. The fraction of sp³-hybridized carbons (Fsp3) is 0.0435. The molecule has 0 aliphatic carbocycles. The smallest absolute Gasteiger partial charge is 0.269 e. The van der Waals surface area contributed by atoms with E-state index < -0.39 is 4.92 Å². The van der Waals surface area contributed by atoms with E-state index in [0.29, 0.717) is 11.6 Å². The Hall–Kier alpha value is -4.46. The van der Waals surface area contributed by atoms with Crippen molar-refractivity contribution < 1.29 is 9.66 Å². The van der Waals surface area contributed by atoms with Crippen molar-refractivity contribution in [2.75, 3.05) is 12.5 Å². The molecule has 0 atom stereocenters. The monoisotopic (exact) mass is 411 g/mol. The lowest BCUT2D eigenvalue weighted by molar-refractivity contribution is -0.384. The first-order chi connectivity index (χ1) is 15.1. The zero-order valence-electron chi connectivity index (χ0n) is 16.5. The molecule has 0 fully saturated rings. The zero-order valence-corrected chi connectivity index (χ0v) is 16.5. The SMILES string of the molecule is COc1ccc2c(c1)=C(c1ccc([N+](=O)[O-])cc1)Nn1c(-c3ccccn3)cnc1C=2. The highest BCUT2D eigenvalue weighted by Gasteiger charge is 2.17. The number of benzene rings is 2. The summed E-state index contributed by atoms with van der Waals surface area (Å²) in [7, 11) is 1.62. The van der Waals surface area contributed by atoms with E-state index in [1.807, 2.05) is 47.2 Å². The lowest BCUT2D eigenvalue weighted by Gasteiger charge is -2.15. The number of rotatable bonds is 4. The second kappa shape index (κ2) is 7.42. The number of nitrogens with one attached hydrogen (secondary N) is 1. The van der Waals surface area contributed by atoms with E-state index in [2.05, 4.69) is 15.4 Å². The summed E-state index contributed by atoms with van der Waals surface area (Å²) in [5.41, 5.74) is 6.62. The Morgan fingerprint density at radius 1 is 1.06 bits per heavy atom. The van der Waals surface area contributed by atoms with E-state index >= 15 is 0 Å². The van der Waals surface area contributed by atoms with Crippen LogP contribution in [0.1, 0.15) is 11.4 Å². The van der Waals surface area contributed by atoms with E-state index in [0.717, 1.165) is 33.1 Å². The van der Waals surface area contributed by atoms with Crippen molar-refractivity contribution in [3.05, 3.63) is 105 Å². The number of ether oxygens (including phenoxy) is 1. The number of nitro benzene ring substituents is 1. The van der Waals surface area contributed by atoms with Crippen LogP contribution in [0.4, 0.5) is 5.69 Å². The molecular formula is C23H17N5O3. The van der Waals surface area contributed by atoms with Crippen LogP contribution >= 0.6 is 0 Å². The van der Waals surface area contributed by atoms with Gasteiger partial charge in [0.25, 0.3) is 5.69 Å². The average molecular weight is 411 g/mol. The Labute approximate surface area is 176 Å². The Morgan fingerprint density at radius 2 is 1.90 bits per heavy atom. The van der Waals surface area contributed by atoms with Gasteiger partial charge in [-0.25, -0.2) is 9.66 Å². The number of imidazole rings is 1. The van der Waals surface area contributed by atoms with Gasteiger partial charge < -0.3 is 4.74 Å². The minimum Gasteiger partial charge on any atom is -0.497 e. The number of fused-ring (bicyclic) bond motifs is 2. The zero-order chi connectivity index (χ0) is 21.4.